The van der Waals surface area contributed by atoms with E-state index in [2.05, 4.69) is 32.0 Å². The van der Waals surface area contributed by atoms with E-state index in [1.807, 2.05) is 24.3 Å². The van der Waals surface area contributed by atoms with E-state index in [0.717, 1.165) is 55.3 Å². The van der Waals surface area contributed by atoms with Crippen LogP contribution in [-0.4, -0.2) is 39.2 Å². The number of hydrogen-bond donors (Lipinski definition) is 1. The van der Waals surface area contributed by atoms with Crippen LogP contribution in [0.5, 0.6) is 5.75 Å². The lowest BCUT2D eigenvalue weighted by molar-refractivity contribution is -0.921. The van der Waals surface area contributed by atoms with Crippen LogP contribution >= 0.6 is 0 Å². The molecule has 1 N–H and O–H groups in total. The minimum Gasteiger partial charge on any atom is -0.496 e. The zero-order valence-corrected chi connectivity index (χ0v) is 16.4. The number of nitrogens with one attached hydrogen (secondary N) is 1. The van der Waals surface area contributed by atoms with Gasteiger partial charge in [-0.3, -0.25) is 4.79 Å². The van der Waals surface area contributed by atoms with Crippen LogP contribution in [0.25, 0.3) is 6.08 Å². The lowest BCUT2D eigenvalue weighted by Crippen LogP contribution is -3.12. The minimum absolute atomic E-state index is 0.0109. The van der Waals surface area contributed by atoms with Crippen LogP contribution in [0.4, 0.5) is 0 Å². The smallest absolute Gasteiger partial charge is 0.185 e. The van der Waals surface area contributed by atoms with Gasteiger partial charge in [0.1, 0.15) is 25.4 Å². The number of hydrogen-bond acceptors (Lipinski definition) is 3. The normalized spacial score (nSPS) is 15.2. The van der Waals surface area contributed by atoms with Crippen molar-refractivity contribution in [3.63, 3.8) is 0 Å². The molecular formula is C23H28NO3+. The van der Waals surface area contributed by atoms with Gasteiger partial charge in [0.15, 0.2) is 5.78 Å². The second-order valence-corrected chi connectivity index (χ2v) is 7.12. The first-order valence-corrected chi connectivity index (χ1v) is 9.44. The molecule has 4 heteroatoms. The molecule has 2 aromatic carbocycles. The predicted octanol–water partition coefficient (Wildman–Crippen LogP) is 2.62. The number of aryl methyl sites for hydroxylation is 2. The number of ether oxygens (including phenoxy) is 2. The molecule has 0 aliphatic carbocycles. The SMILES string of the molecule is COc1ccc(C(=O)/C=C/c2cc(C)ccc2C)cc1C[NH+]1CCOCC1. The summed E-state index contributed by atoms with van der Waals surface area (Å²) in [6.45, 7) is 8.49. The van der Waals surface area contributed by atoms with E-state index in [-0.39, 0.29) is 5.78 Å². The first-order valence-electron chi connectivity index (χ1n) is 9.44. The fourth-order valence-corrected chi connectivity index (χ4v) is 3.38. The third kappa shape index (κ3) is 5.06. The van der Waals surface area contributed by atoms with Gasteiger partial charge >= 0.3 is 0 Å². The van der Waals surface area contributed by atoms with Crippen molar-refractivity contribution >= 4 is 11.9 Å². The van der Waals surface area contributed by atoms with E-state index in [9.17, 15) is 4.79 Å². The molecule has 1 aliphatic heterocycles. The Bertz CT molecular complexity index is 836. The van der Waals surface area contributed by atoms with Crippen LogP contribution in [0, 0.1) is 13.8 Å². The molecule has 0 atom stereocenters. The molecule has 3 rings (SSSR count). The number of morpholine rings is 1. The van der Waals surface area contributed by atoms with Gasteiger partial charge in [0.25, 0.3) is 0 Å². The maximum Gasteiger partial charge on any atom is 0.185 e. The molecule has 0 bridgehead atoms. The van der Waals surface area contributed by atoms with Crippen LogP contribution in [0.2, 0.25) is 0 Å². The van der Waals surface area contributed by atoms with E-state index >= 15 is 0 Å². The quantitative estimate of drug-likeness (QED) is 0.631. The molecule has 0 spiro atoms. The zero-order chi connectivity index (χ0) is 19.2. The number of benzene rings is 2. The number of quaternary nitrogens is 1. The Morgan fingerprint density at radius 2 is 1.93 bits per heavy atom. The van der Waals surface area contributed by atoms with Crippen LogP contribution in [-0.2, 0) is 11.3 Å². The summed E-state index contributed by atoms with van der Waals surface area (Å²) in [6, 6.07) is 12.0. The summed E-state index contributed by atoms with van der Waals surface area (Å²) in [5, 5.41) is 0. The van der Waals surface area contributed by atoms with Gasteiger partial charge in [-0.25, -0.2) is 0 Å². The van der Waals surface area contributed by atoms with Crippen LogP contribution < -0.4 is 9.64 Å². The van der Waals surface area contributed by atoms with Crippen molar-refractivity contribution in [1.29, 1.82) is 0 Å². The van der Waals surface area contributed by atoms with E-state index in [0.29, 0.717) is 5.56 Å². The van der Waals surface area contributed by atoms with Gasteiger partial charge in [0, 0.05) is 11.1 Å². The standard InChI is InChI=1S/C23H27NO3/c1-17-4-5-18(2)19(14-17)6-8-22(25)20-7-9-23(26-3)21(15-20)16-24-10-12-27-13-11-24/h4-9,14-15H,10-13,16H2,1-3H3/p+1/b8-6+. The molecule has 0 radical (unpaired) electrons. The Labute approximate surface area is 161 Å². The molecule has 2 aromatic rings. The van der Waals surface area contributed by atoms with Gasteiger partial charge in [0.2, 0.25) is 0 Å². The lowest BCUT2D eigenvalue weighted by Gasteiger charge is -2.24. The summed E-state index contributed by atoms with van der Waals surface area (Å²) in [6.07, 6.45) is 3.57. The number of methoxy groups -OCH3 is 1. The average Bonchev–Trinajstić information content (AvgIpc) is 2.69. The highest BCUT2D eigenvalue weighted by atomic mass is 16.5. The second-order valence-electron chi connectivity index (χ2n) is 7.12. The third-order valence-electron chi connectivity index (χ3n) is 5.05. The first kappa shape index (κ1) is 19.3. The van der Waals surface area contributed by atoms with Crippen molar-refractivity contribution in [2.45, 2.75) is 20.4 Å². The molecule has 0 aromatic heterocycles. The first-order chi connectivity index (χ1) is 13.1. The lowest BCUT2D eigenvalue weighted by atomic mass is 10.0. The van der Waals surface area contributed by atoms with Crippen molar-refractivity contribution in [2.75, 3.05) is 33.4 Å². The summed E-state index contributed by atoms with van der Waals surface area (Å²) < 4.78 is 10.9. The highest BCUT2D eigenvalue weighted by molar-refractivity contribution is 6.07. The molecule has 0 amide bonds. The topological polar surface area (TPSA) is 40.0 Å². The Kier molecular flexibility index (Phi) is 6.43. The van der Waals surface area contributed by atoms with Crippen molar-refractivity contribution in [3.05, 3.63) is 70.3 Å². The highest BCUT2D eigenvalue weighted by Gasteiger charge is 2.17. The summed E-state index contributed by atoms with van der Waals surface area (Å²) in [7, 11) is 1.68. The fourth-order valence-electron chi connectivity index (χ4n) is 3.38. The summed E-state index contributed by atoms with van der Waals surface area (Å²) >= 11 is 0. The Morgan fingerprint density at radius 3 is 2.67 bits per heavy atom. The van der Waals surface area contributed by atoms with Crippen LogP contribution in [0.3, 0.4) is 0 Å². The van der Waals surface area contributed by atoms with Gasteiger partial charge in [0.05, 0.1) is 20.3 Å². The molecule has 142 valence electrons. The number of carbonyl (C=O) groups excluding carboxylic acids is 1. The summed E-state index contributed by atoms with van der Waals surface area (Å²) in [5.41, 5.74) is 5.19. The van der Waals surface area contributed by atoms with Crippen molar-refractivity contribution in [2.24, 2.45) is 0 Å². The Hall–Kier alpha value is -2.43. The van der Waals surface area contributed by atoms with Crippen molar-refractivity contribution in [3.8, 4) is 5.75 Å². The maximum absolute atomic E-state index is 12.7. The van der Waals surface area contributed by atoms with E-state index in [4.69, 9.17) is 9.47 Å². The predicted molar refractivity (Wildman–Crippen MR) is 107 cm³/mol. The average molecular weight is 366 g/mol. The molecule has 4 nitrogen and oxygen atoms in total. The molecule has 1 heterocycles. The molecule has 1 aliphatic rings. The minimum atomic E-state index is 0.0109. The van der Waals surface area contributed by atoms with Crippen LogP contribution in [0.1, 0.15) is 32.6 Å². The van der Waals surface area contributed by atoms with Gasteiger partial charge in [-0.2, -0.15) is 0 Å². The van der Waals surface area contributed by atoms with E-state index in [1.54, 1.807) is 13.2 Å². The van der Waals surface area contributed by atoms with E-state index < -0.39 is 0 Å². The maximum atomic E-state index is 12.7. The Balaban J connectivity index is 1.78. The van der Waals surface area contributed by atoms with Crippen molar-refractivity contribution in [1.82, 2.24) is 0 Å². The number of allylic oxidation sites excluding steroid dienone is 1. The van der Waals surface area contributed by atoms with Crippen molar-refractivity contribution < 1.29 is 19.2 Å². The van der Waals surface area contributed by atoms with Gasteiger partial charge in [-0.05, 0) is 49.2 Å². The summed E-state index contributed by atoms with van der Waals surface area (Å²) in [4.78, 5) is 14.2. The monoisotopic (exact) mass is 366 g/mol. The molecule has 0 saturated carbocycles. The Morgan fingerprint density at radius 1 is 1.15 bits per heavy atom. The third-order valence-corrected chi connectivity index (χ3v) is 5.05. The molecule has 1 saturated heterocycles. The number of ketones is 1. The fraction of sp³-hybridized carbons (Fsp3) is 0.348. The van der Waals surface area contributed by atoms with Gasteiger partial charge in [-0.15, -0.1) is 0 Å². The highest BCUT2D eigenvalue weighted by Crippen LogP contribution is 2.20. The largest absolute Gasteiger partial charge is 0.496 e. The second kappa shape index (κ2) is 8.98. The zero-order valence-electron chi connectivity index (χ0n) is 16.4. The van der Waals surface area contributed by atoms with Gasteiger partial charge in [-0.1, -0.05) is 29.8 Å². The van der Waals surface area contributed by atoms with Crippen LogP contribution in [0.15, 0.2) is 42.5 Å². The number of rotatable bonds is 6. The molecular weight excluding hydrogens is 338 g/mol. The molecule has 0 unspecified atom stereocenters. The molecule has 27 heavy (non-hydrogen) atoms. The number of carbonyl (C=O) groups is 1. The summed E-state index contributed by atoms with van der Waals surface area (Å²) in [5.74, 6) is 0.848. The van der Waals surface area contributed by atoms with E-state index in [1.165, 1.54) is 10.5 Å². The molecule has 1 fully saturated rings. The van der Waals surface area contributed by atoms with Gasteiger partial charge < -0.3 is 14.4 Å².